The molecule has 9 nitrogen and oxygen atoms in total. The van der Waals surface area contributed by atoms with E-state index in [2.05, 4.69) is 26.2 Å². The van der Waals surface area contributed by atoms with Gasteiger partial charge in [0.25, 0.3) is 5.91 Å². The zero-order valence-electron chi connectivity index (χ0n) is 21.7. The minimum Gasteiger partial charge on any atom is -0.324 e. The van der Waals surface area contributed by atoms with Crippen molar-refractivity contribution < 1.29 is 9.59 Å². The second-order valence-corrected chi connectivity index (χ2v) is 10.4. The summed E-state index contributed by atoms with van der Waals surface area (Å²) >= 11 is 6.24. The molecular weight excluding hydrogens is 526 g/mol. The molecule has 0 saturated carbocycles. The number of hydrogen-bond donors (Lipinski definition) is 2. The predicted molar refractivity (Wildman–Crippen MR) is 153 cm³/mol. The van der Waals surface area contributed by atoms with E-state index in [-0.39, 0.29) is 11.8 Å². The van der Waals surface area contributed by atoms with Gasteiger partial charge in [0.1, 0.15) is 12.4 Å². The highest BCUT2D eigenvalue weighted by Gasteiger charge is 2.35. The Labute approximate surface area is 236 Å². The highest BCUT2D eigenvalue weighted by atomic mass is 35.5. The van der Waals surface area contributed by atoms with Crippen LogP contribution in [0.1, 0.15) is 47.2 Å². The maximum absolute atomic E-state index is 13.7. The standard InChI is InChI=1S/C30H28ClN7O2/c31-23-10-13-27(38-19-33-35-36-38)22(18-23)9-14-28(39)37-17-15-20-4-1-2-5-25(20)29(37)30(40)34-24-11-7-21(8-12-24)26-6-3-16-32-26/h1-2,4-5,7-14,18-19,26,29,32H,3,6,15-17H2,(H,34,40)/t26?,29-/m0/s1. The summed E-state index contributed by atoms with van der Waals surface area (Å²) in [4.78, 5) is 28.9. The van der Waals surface area contributed by atoms with Crippen LogP contribution < -0.4 is 10.6 Å². The monoisotopic (exact) mass is 553 g/mol. The molecule has 1 aromatic heterocycles. The van der Waals surface area contributed by atoms with E-state index in [0.717, 1.165) is 24.1 Å². The van der Waals surface area contributed by atoms with Gasteiger partial charge in [-0.05, 0) is 89.3 Å². The zero-order valence-corrected chi connectivity index (χ0v) is 22.5. The number of rotatable bonds is 6. The molecule has 1 saturated heterocycles. The number of nitrogens with one attached hydrogen (secondary N) is 2. The van der Waals surface area contributed by atoms with Gasteiger partial charge in [-0.15, -0.1) is 5.10 Å². The van der Waals surface area contributed by atoms with Crippen molar-refractivity contribution in [2.75, 3.05) is 18.4 Å². The SMILES string of the molecule is O=C(Nc1ccc(C2CCCN2)cc1)[C@@H]1c2ccccc2CCN1C(=O)C=Cc1cc(Cl)ccc1-n1cnnn1. The Bertz CT molecular complexity index is 1550. The normalized spacial score (nSPS) is 18.6. The van der Waals surface area contributed by atoms with Crippen molar-refractivity contribution in [2.24, 2.45) is 0 Å². The van der Waals surface area contributed by atoms with Crippen LogP contribution in [0, 0.1) is 0 Å². The molecule has 2 aliphatic heterocycles. The Kier molecular flexibility index (Phi) is 7.39. The van der Waals surface area contributed by atoms with E-state index in [9.17, 15) is 9.59 Å². The summed E-state index contributed by atoms with van der Waals surface area (Å²) in [5.74, 6) is -0.530. The van der Waals surface area contributed by atoms with Gasteiger partial charge in [0.05, 0.1) is 5.69 Å². The highest BCUT2D eigenvalue weighted by Crippen LogP contribution is 2.32. The lowest BCUT2D eigenvalue weighted by atomic mass is 9.91. The van der Waals surface area contributed by atoms with Crippen LogP contribution in [-0.4, -0.2) is 50.0 Å². The lowest BCUT2D eigenvalue weighted by Gasteiger charge is -2.35. The third-order valence-corrected chi connectivity index (χ3v) is 7.68. The maximum Gasteiger partial charge on any atom is 0.251 e. The molecule has 40 heavy (non-hydrogen) atoms. The summed E-state index contributed by atoms with van der Waals surface area (Å²) in [5, 5.41) is 18.4. The Morgan fingerprint density at radius 1 is 1.07 bits per heavy atom. The Hall–Kier alpha value is -4.34. The third kappa shape index (κ3) is 5.38. The van der Waals surface area contributed by atoms with Gasteiger partial charge < -0.3 is 15.5 Å². The molecule has 10 heteroatoms. The Morgan fingerprint density at radius 2 is 1.93 bits per heavy atom. The first-order valence-electron chi connectivity index (χ1n) is 13.3. The fourth-order valence-electron chi connectivity index (χ4n) is 5.46. The molecule has 2 aliphatic rings. The largest absolute Gasteiger partial charge is 0.324 e. The van der Waals surface area contributed by atoms with E-state index < -0.39 is 6.04 Å². The predicted octanol–water partition coefficient (Wildman–Crippen LogP) is 4.52. The van der Waals surface area contributed by atoms with Crippen molar-refractivity contribution in [3.8, 4) is 5.69 Å². The van der Waals surface area contributed by atoms with E-state index in [0.29, 0.717) is 41.0 Å². The van der Waals surface area contributed by atoms with Crippen LogP contribution in [0.15, 0.2) is 79.1 Å². The average Bonchev–Trinajstić information content (AvgIpc) is 3.71. The molecule has 0 radical (unpaired) electrons. The summed E-state index contributed by atoms with van der Waals surface area (Å²) in [7, 11) is 0. The summed E-state index contributed by atoms with van der Waals surface area (Å²) in [6.07, 6.45) is 7.56. The van der Waals surface area contributed by atoms with Crippen LogP contribution >= 0.6 is 11.6 Å². The van der Waals surface area contributed by atoms with Crippen molar-refractivity contribution in [2.45, 2.75) is 31.3 Å². The van der Waals surface area contributed by atoms with E-state index >= 15 is 0 Å². The Morgan fingerprint density at radius 3 is 2.70 bits per heavy atom. The fourth-order valence-corrected chi connectivity index (χ4v) is 5.64. The van der Waals surface area contributed by atoms with Gasteiger partial charge >= 0.3 is 0 Å². The van der Waals surface area contributed by atoms with Gasteiger partial charge in [0.15, 0.2) is 0 Å². The number of carbonyl (C=O) groups is 2. The number of halogens is 1. The average molecular weight is 554 g/mol. The van der Waals surface area contributed by atoms with Gasteiger partial charge in [-0.1, -0.05) is 48.0 Å². The summed E-state index contributed by atoms with van der Waals surface area (Å²) in [6, 6.07) is 20.6. The molecule has 0 aliphatic carbocycles. The third-order valence-electron chi connectivity index (χ3n) is 7.45. The molecule has 3 heterocycles. The number of amides is 2. The topological polar surface area (TPSA) is 105 Å². The minimum absolute atomic E-state index is 0.252. The molecule has 4 aromatic rings. The van der Waals surface area contributed by atoms with Crippen molar-refractivity contribution in [1.29, 1.82) is 0 Å². The highest BCUT2D eigenvalue weighted by molar-refractivity contribution is 6.30. The van der Waals surface area contributed by atoms with Crippen LogP contribution in [0.25, 0.3) is 11.8 Å². The van der Waals surface area contributed by atoms with Gasteiger partial charge in [0, 0.05) is 34.9 Å². The fraction of sp³-hybridized carbons (Fsp3) is 0.233. The maximum atomic E-state index is 13.7. The number of benzene rings is 3. The van der Waals surface area contributed by atoms with Gasteiger partial charge in [-0.3, -0.25) is 9.59 Å². The zero-order chi connectivity index (χ0) is 27.5. The van der Waals surface area contributed by atoms with Gasteiger partial charge in [-0.25, -0.2) is 0 Å². The number of aromatic nitrogens is 4. The number of anilines is 1. The van der Waals surface area contributed by atoms with Crippen LogP contribution in [0.4, 0.5) is 5.69 Å². The summed E-state index contributed by atoms with van der Waals surface area (Å²) < 4.78 is 1.50. The first-order valence-corrected chi connectivity index (χ1v) is 13.7. The number of hydrogen-bond acceptors (Lipinski definition) is 6. The molecule has 0 bridgehead atoms. The molecule has 202 valence electrons. The van der Waals surface area contributed by atoms with Crippen LogP contribution in [-0.2, 0) is 16.0 Å². The Balaban J connectivity index is 1.25. The number of carbonyl (C=O) groups excluding carboxylic acids is 2. The molecule has 2 atom stereocenters. The van der Waals surface area contributed by atoms with Gasteiger partial charge in [-0.2, -0.15) is 4.68 Å². The quantitative estimate of drug-likeness (QED) is 0.340. The molecule has 1 unspecified atom stereocenters. The summed E-state index contributed by atoms with van der Waals surface area (Å²) in [5.41, 5.74) is 5.15. The first-order chi connectivity index (χ1) is 19.6. The molecule has 1 fully saturated rings. The van der Waals surface area contributed by atoms with Crippen molar-refractivity contribution in [1.82, 2.24) is 30.4 Å². The second kappa shape index (κ2) is 11.4. The van der Waals surface area contributed by atoms with Crippen LogP contribution in [0.2, 0.25) is 5.02 Å². The second-order valence-electron chi connectivity index (χ2n) is 9.93. The van der Waals surface area contributed by atoms with Crippen LogP contribution in [0.5, 0.6) is 0 Å². The molecule has 0 spiro atoms. The summed E-state index contributed by atoms with van der Waals surface area (Å²) in [6.45, 7) is 1.44. The molecule has 2 amide bonds. The van der Waals surface area contributed by atoms with Crippen molar-refractivity contribution >= 4 is 35.2 Å². The minimum atomic E-state index is -0.767. The molecule has 6 rings (SSSR count). The lowest BCUT2D eigenvalue weighted by molar-refractivity contribution is -0.135. The number of tetrazole rings is 1. The van der Waals surface area contributed by atoms with Crippen molar-refractivity contribution in [3.05, 3.63) is 106 Å². The van der Waals surface area contributed by atoms with Crippen molar-refractivity contribution in [3.63, 3.8) is 0 Å². The van der Waals surface area contributed by atoms with Crippen LogP contribution in [0.3, 0.4) is 0 Å². The van der Waals surface area contributed by atoms with E-state index in [1.54, 1.807) is 29.2 Å². The van der Waals surface area contributed by atoms with E-state index in [1.807, 2.05) is 48.5 Å². The molecular formula is C30H28ClN7O2. The van der Waals surface area contributed by atoms with E-state index in [4.69, 9.17) is 11.6 Å². The first kappa shape index (κ1) is 25.9. The number of nitrogens with zero attached hydrogens (tertiary/aromatic N) is 5. The van der Waals surface area contributed by atoms with Gasteiger partial charge in [0.2, 0.25) is 5.91 Å². The molecule has 2 N–H and O–H groups in total. The van der Waals surface area contributed by atoms with E-state index in [1.165, 1.54) is 29.1 Å². The number of fused-ring (bicyclic) bond motifs is 1. The molecule has 3 aromatic carbocycles. The smallest absolute Gasteiger partial charge is 0.251 e. The lowest BCUT2D eigenvalue weighted by Crippen LogP contribution is -2.44.